The van der Waals surface area contributed by atoms with Crippen LogP contribution < -0.4 is 20.5 Å². The second-order valence-corrected chi connectivity index (χ2v) is 7.73. The number of benzene rings is 1. The highest BCUT2D eigenvalue weighted by Crippen LogP contribution is 2.35. The first kappa shape index (κ1) is 19.8. The van der Waals surface area contributed by atoms with E-state index in [4.69, 9.17) is 15.2 Å². The molecule has 0 aliphatic carbocycles. The van der Waals surface area contributed by atoms with E-state index in [1.807, 2.05) is 0 Å². The van der Waals surface area contributed by atoms with Crippen molar-refractivity contribution in [2.45, 2.75) is 17.7 Å². The molecule has 25 heavy (non-hydrogen) atoms. The third-order valence-electron chi connectivity index (χ3n) is 4.18. The van der Waals surface area contributed by atoms with Crippen molar-refractivity contribution in [1.82, 2.24) is 9.62 Å². The SMILES string of the molecule is Cl.NCCNC(=O)C1CCCN(S(=O)(=O)c2ccc3c(c2)OCO3)C1. The number of ether oxygens (including phenoxy) is 2. The van der Waals surface area contributed by atoms with E-state index in [0.29, 0.717) is 44.0 Å². The molecule has 10 heteroatoms. The van der Waals surface area contributed by atoms with Gasteiger partial charge < -0.3 is 20.5 Å². The Kier molecular flexibility index (Phi) is 6.50. The number of piperidine rings is 1. The highest BCUT2D eigenvalue weighted by Gasteiger charge is 2.34. The summed E-state index contributed by atoms with van der Waals surface area (Å²) in [5.41, 5.74) is 5.38. The summed E-state index contributed by atoms with van der Waals surface area (Å²) in [5, 5.41) is 2.73. The van der Waals surface area contributed by atoms with Crippen molar-refractivity contribution < 1.29 is 22.7 Å². The zero-order valence-electron chi connectivity index (χ0n) is 13.6. The molecule has 3 rings (SSSR count). The molecule has 2 aliphatic rings. The molecule has 0 radical (unpaired) electrons. The average Bonchev–Trinajstić information content (AvgIpc) is 3.07. The summed E-state index contributed by atoms with van der Waals surface area (Å²) in [5.74, 6) is 0.456. The number of rotatable bonds is 5. The maximum atomic E-state index is 12.8. The second-order valence-electron chi connectivity index (χ2n) is 5.80. The Morgan fingerprint density at radius 1 is 1.32 bits per heavy atom. The van der Waals surface area contributed by atoms with Gasteiger partial charge in [0, 0.05) is 32.2 Å². The molecule has 3 N–H and O–H groups in total. The quantitative estimate of drug-likeness (QED) is 0.747. The van der Waals surface area contributed by atoms with Crippen LogP contribution in [0.4, 0.5) is 0 Å². The van der Waals surface area contributed by atoms with Gasteiger partial charge in [0.1, 0.15) is 0 Å². The molecule has 1 fully saturated rings. The van der Waals surface area contributed by atoms with Crippen LogP contribution in [0.1, 0.15) is 12.8 Å². The Balaban J connectivity index is 0.00000225. The van der Waals surface area contributed by atoms with E-state index >= 15 is 0 Å². The van der Waals surface area contributed by atoms with Crippen molar-refractivity contribution in [3.63, 3.8) is 0 Å². The molecular weight excluding hydrogens is 370 g/mol. The lowest BCUT2D eigenvalue weighted by molar-refractivity contribution is -0.126. The van der Waals surface area contributed by atoms with Crippen LogP contribution in [0.3, 0.4) is 0 Å². The Bertz CT molecular complexity index is 728. The van der Waals surface area contributed by atoms with Crippen LogP contribution in [0.2, 0.25) is 0 Å². The first-order chi connectivity index (χ1) is 11.5. The zero-order chi connectivity index (χ0) is 17.2. The monoisotopic (exact) mass is 391 g/mol. The van der Waals surface area contributed by atoms with Crippen LogP contribution in [-0.2, 0) is 14.8 Å². The Morgan fingerprint density at radius 2 is 2.08 bits per heavy atom. The lowest BCUT2D eigenvalue weighted by Gasteiger charge is -2.31. The summed E-state index contributed by atoms with van der Waals surface area (Å²) < 4.78 is 37.5. The van der Waals surface area contributed by atoms with E-state index in [2.05, 4.69) is 5.32 Å². The molecule has 1 saturated heterocycles. The molecular formula is C15H22ClN3O5S. The van der Waals surface area contributed by atoms with Gasteiger partial charge in [0.05, 0.1) is 10.8 Å². The molecule has 0 saturated carbocycles. The summed E-state index contributed by atoms with van der Waals surface area (Å²) in [7, 11) is -3.68. The Hall–Kier alpha value is -1.55. The number of halogens is 1. The molecule has 0 bridgehead atoms. The van der Waals surface area contributed by atoms with Crippen molar-refractivity contribution in [3.05, 3.63) is 18.2 Å². The topological polar surface area (TPSA) is 111 Å². The summed E-state index contributed by atoms with van der Waals surface area (Å²) in [6, 6.07) is 4.56. The number of carbonyl (C=O) groups excluding carboxylic acids is 1. The average molecular weight is 392 g/mol. The number of nitrogens with zero attached hydrogens (tertiary/aromatic N) is 1. The Labute approximate surface area is 153 Å². The molecule has 140 valence electrons. The molecule has 1 aromatic rings. The number of hydrogen-bond donors (Lipinski definition) is 2. The van der Waals surface area contributed by atoms with Crippen LogP contribution in [0, 0.1) is 5.92 Å². The van der Waals surface area contributed by atoms with E-state index in [0.717, 1.165) is 0 Å². The van der Waals surface area contributed by atoms with Gasteiger partial charge >= 0.3 is 0 Å². The normalized spacial score (nSPS) is 20.0. The number of hydrogen-bond acceptors (Lipinski definition) is 6. The van der Waals surface area contributed by atoms with E-state index in [1.54, 1.807) is 6.07 Å². The highest BCUT2D eigenvalue weighted by molar-refractivity contribution is 7.89. The summed E-state index contributed by atoms with van der Waals surface area (Å²) in [6.45, 7) is 1.42. The van der Waals surface area contributed by atoms with Crippen molar-refractivity contribution >= 4 is 28.3 Å². The van der Waals surface area contributed by atoms with E-state index in [1.165, 1.54) is 16.4 Å². The minimum atomic E-state index is -3.68. The van der Waals surface area contributed by atoms with E-state index < -0.39 is 10.0 Å². The van der Waals surface area contributed by atoms with Crippen LogP contribution in [-0.4, -0.2) is 51.6 Å². The van der Waals surface area contributed by atoms with Crippen molar-refractivity contribution in [2.24, 2.45) is 11.7 Å². The van der Waals surface area contributed by atoms with Crippen molar-refractivity contribution in [1.29, 1.82) is 0 Å². The molecule has 1 unspecified atom stereocenters. The summed E-state index contributed by atoms with van der Waals surface area (Å²) in [6.07, 6.45) is 1.31. The van der Waals surface area contributed by atoms with Gasteiger partial charge in [0.25, 0.3) is 0 Å². The third-order valence-corrected chi connectivity index (χ3v) is 6.04. The standard InChI is InChI=1S/C15H21N3O5S.ClH/c16-5-6-17-15(19)11-2-1-7-18(9-11)24(20,21)12-3-4-13-14(8-12)23-10-22-13;/h3-4,8,11H,1-2,5-7,9-10,16H2,(H,17,19);1H. The van der Waals surface area contributed by atoms with Gasteiger partial charge in [-0.25, -0.2) is 8.42 Å². The minimum absolute atomic E-state index is 0. The minimum Gasteiger partial charge on any atom is -0.454 e. The number of amides is 1. The predicted octanol–water partition coefficient (Wildman–Crippen LogP) is 0.313. The highest BCUT2D eigenvalue weighted by atomic mass is 35.5. The number of fused-ring (bicyclic) bond motifs is 1. The smallest absolute Gasteiger partial charge is 0.243 e. The molecule has 1 amide bonds. The van der Waals surface area contributed by atoms with E-state index in [-0.39, 0.29) is 42.5 Å². The van der Waals surface area contributed by atoms with Gasteiger partial charge in [-0.05, 0) is 25.0 Å². The maximum Gasteiger partial charge on any atom is 0.243 e. The molecule has 0 spiro atoms. The molecule has 2 heterocycles. The van der Waals surface area contributed by atoms with Gasteiger partial charge in [-0.3, -0.25) is 4.79 Å². The Morgan fingerprint density at radius 3 is 2.84 bits per heavy atom. The molecule has 2 aliphatic heterocycles. The second kappa shape index (κ2) is 8.22. The first-order valence-corrected chi connectivity index (χ1v) is 9.34. The van der Waals surface area contributed by atoms with Gasteiger partial charge in [0.15, 0.2) is 11.5 Å². The van der Waals surface area contributed by atoms with Gasteiger partial charge in [-0.15, -0.1) is 12.4 Å². The third kappa shape index (κ3) is 4.17. The molecule has 1 atom stereocenters. The fraction of sp³-hybridized carbons (Fsp3) is 0.533. The van der Waals surface area contributed by atoms with Gasteiger partial charge in [0.2, 0.25) is 22.7 Å². The number of sulfonamides is 1. The number of nitrogens with two attached hydrogens (primary N) is 1. The number of carbonyl (C=O) groups is 1. The lowest BCUT2D eigenvalue weighted by Crippen LogP contribution is -2.46. The summed E-state index contributed by atoms with van der Waals surface area (Å²) in [4.78, 5) is 12.2. The van der Waals surface area contributed by atoms with Crippen LogP contribution >= 0.6 is 12.4 Å². The van der Waals surface area contributed by atoms with E-state index in [9.17, 15) is 13.2 Å². The van der Waals surface area contributed by atoms with Crippen LogP contribution in [0.5, 0.6) is 11.5 Å². The predicted molar refractivity (Wildman–Crippen MR) is 93.4 cm³/mol. The van der Waals surface area contributed by atoms with Crippen LogP contribution in [0.15, 0.2) is 23.1 Å². The fourth-order valence-electron chi connectivity index (χ4n) is 2.90. The first-order valence-electron chi connectivity index (χ1n) is 7.90. The van der Waals surface area contributed by atoms with Crippen LogP contribution in [0.25, 0.3) is 0 Å². The molecule has 8 nitrogen and oxygen atoms in total. The zero-order valence-corrected chi connectivity index (χ0v) is 15.3. The number of nitrogens with one attached hydrogen (secondary N) is 1. The van der Waals surface area contributed by atoms with Gasteiger partial charge in [-0.2, -0.15) is 4.31 Å². The lowest BCUT2D eigenvalue weighted by atomic mass is 9.99. The van der Waals surface area contributed by atoms with Crippen molar-refractivity contribution in [3.8, 4) is 11.5 Å². The fourth-order valence-corrected chi connectivity index (χ4v) is 4.44. The van der Waals surface area contributed by atoms with Crippen molar-refractivity contribution in [2.75, 3.05) is 33.0 Å². The molecule has 0 aromatic heterocycles. The maximum absolute atomic E-state index is 12.8. The van der Waals surface area contributed by atoms with Gasteiger partial charge in [-0.1, -0.05) is 0 Å². The largest absolute Gasteiger partial charge is 0.454 e. The summed E-state index contributed by atoms with van der Waals surface area (Å²) >= 11 is 0. The molecule has 1 aromatic carbocycles.